The largest absolute Gasteiger partial charge is 0.497 e. The van der Waals surface area contributed by atoms with Crippen LogP contribution in [-0.4, -0.2) is 49.3 Å². The minimum absolute atomic E-state index is 0.0974. The smallest absolute Gasteiger partial charge is 0.257 e. The lowest BCUT2D eigenvalue weighted by Gasteiger charge is -2.24. The Bertz CT molecular complexity index is 1530. The SMILES string of the molecule is COc1cccc(CCNC(=O)C[C@H](O)[C@H](COCc2ccc(-c3ccccc3)cc2)NC(=O)c2c(F)cc(F)cc2F)c1. The van der Waals surface area contributed by atoms with Gasteiger partial charge in [-0.05, 0) is 40.8 Å². The first-order valence-electron chi connectivity index (χ1n) is 14.0. The van der Waals surface area contributed by atoms with Gasteiger partial charge >= 0.3 is 0 Å². The van der Waals surface area contributed by atoms with E-state index in [1.165, 1.54) is 0 Å². The van der Waals surface area contributed by atoms with Crippen molar-refractivity contribution >= 4 is 11.8 Å². The molecule has 4 rings (SSSR count). The van der Waals surface area contributed by atoms with Crippen LogP contribution < -0.4 is 15.4 Å². The second-order valence-electron chi connectivity index (χ2n) is 10.1. The monoisotopic (exact) mass is 606 g/mol. The maximum Gasteiger partial charge on any atom is 0.257 e. The van der Waals surface area contributed by atoms with Gasteiger partial charge in [-0.3, -0.25) is 9.59 Å². The summed E-state index contributed by atoms with van der Waals surface area (Å²) in [5, 5.41) is 15.9. The highest BCUT2D eigenvalue weighted by Gasteiger charge is 2.27. The molecule has 2 atom stereocenters. The average molecular weight is 607 g/mol. The maximum atomic E-state index is 14.3. The van der Waals surface area contributed by atoms with Crippen molar-refractivity contribution < 1.29 is 37.3 Å². The average Bonchev–Trinajstić information content (AvgIpc) is 3.01. The van der Waals surface area contributed by atoms with E-state index in [1.807, 2.05) is 72.8 Å². The number of hydrogen-bond acceptors (Lipinski definition) is 5. The van der Waals surface area contributed by atoms with E-state index in [1.54, 1.807) is 13.2 Å². The predicted molar refractivity (Wildman–Crippen MR) is 159 cm³/mol. The molecule has 0 aliphatic carbocycles. The molecule has 7 nitrogen and oxygen atoms in total. The Morgan fingerprint density at radius 3 is 2.20 bits per heavy atom. The third kappa shape index (κ3) is 9.16. The van der Waals surface area contributed by atoms with Crippen molar-refractivity contribution in [2.24, 2.45) is 0 Å². The first kappa shape index (κ1) is 32.2. The van der Waals surface area contributed by atoms with Crippen molar-refractivity contribution in [3.8, 4) is 16.9 Å². The highest BCUT2D eigenvalue weighted by atomic mass is 19.1. The minimum Gasteiger partial charge on any atom is -0.497 e. The number of carbonyl (C=O) groups is 2. The van der Waals surface area contributed by atoms with Crippen molar-refractivity contribution in [3.63, 3.8) is 0 Å². The first-order chi connectivity index (χ1) is 21.2. The molecule has 0 fully saturated rings. The zero-order valence-corrected chi connectivity index (χ0v) is 24.1. The van der Waals surface area contributed by atoms with Gasteiger partial charge in [0, 0.05) is 18.7 Å². The van der Waals surface area contributed by atoms with Crippen LogP contribution in [0.1, 0.15) is 27.9 Å². The van der Waals surface area contributed by atoms with Crippen LogP contribution in [0, 0.1) is 17.5 Å². The first-order valence-corrected chi connectivity index (χ1v) is 14.0. The normalized spacial score (nSPS) is 12.3. The summed E-state index contributed by atoms with van der Waals surface area (Å²) in [6.07, 6.45) is -1.39. The van der Waals surface area contributed by atoms with Crippen LogP contribution in [0.2, 0.25) is 0 Å². The Morgan fingerprint density at radius 2 is 1.52 bits per heavy atom. The van der Waals surface area contributed by atoms with Gasteiger partial charge in [0.1, 0.15) is 28.8 Å². The summed E-state index contributed by atoms with van der Waals surface area (Å²) in [5.74, 6) is -5.02. The Hall–Kier alpha value is -4.67. The molecule has 44 heavy (non-hydrogen) atoms. The van der Waals surface area contributed by atoms with E-state index >= 15 is 0 Å². The van der Waals surface area contributed by atoms with Gasteiger partial charge in [-0.2, -0.15) is 0 Å². The van der Waals surface area contributed by atoms with E-state index in [0.717, 1.165) is 22.3 Å². The van der Waals surface area contributed by atoms with Gasteiger partial charge < -0.3 is 25.2 Å². The van der Waals surface area contributed by atoms with Gasteiger partial charge in [-0.25, -0.2) is 13.2 Å². The van der Waals surface area contributed by atoms with Crippen LogP contribution in [0.25, 0.3) is 11.1 Å². The Morgan fingerprint density at radius 1 is 0.841 bits per heavy atom. The summed E-state index contributed by atoms with van der Waals surface area (Å²) >= 11 is 0. The quantitative estimate of drug-likeness (QED) is 0.183. The molecule has 3 N–H and O–H groups in total. The number of carbonyl (C=O) groups excluding carboxylic acids is 2. The van der Waals surface area contributed by atoms with Crippen LogP contribution in [0.5, 0.6) is 5.75 Å². The maximum absolute atomic E-state index is 14.3. The highest BCUT2D eigenvalue weighted by molar-refractivity contribution is 5.95. The van der Waals surface area contributed by atoms with Crippen LogP contribution in [0.15, 0.2) is 91.0 Å². The van der Waals surface area contributed by atoms with E-state index in [0.29, 0.717) is 24.3 Å². The molecule has 2 amide bonds. The van der Waals surface area contributed by atoms with Crippen LogP contribution >= 0.6 is 0 Å². The number of aliphatic hydroxyl groups is 1. The molecule has 0 radical (unpaired) electrons. The lowest BCUT2D eigenvalue weighted by atomic mass is 10.0. The minimum atomic E-state index is -1.47. The molecular weight excluding hydrogens is 573 g/mol. The number of aliphatic hydroxyl groups excluding tert-OH is 1. The summed E-state index contributed by atoms with van der Waals surface area (Å²) in [6, 6.07) is 24.3. The Labute approximate surface area is 253 Å². The Balaban J connectivity index is 1.38. The van der Waals surface area contributed by atoms with E-state index in [2.05, 4.69) is 10.6 Å². The molecule has 230 valence electrons. The molecule has 0 heterocycles. The molecular formula is C34H33F3N2O5. The molecule has 0 spiro atoms. The number of ether oxygens (including phenoxy) is 2. The van der Waals surface area contributed by atoms with Crippen molar-refractivity contribution in [1.29, 1.82) is 0 Å². The fourth-order valence-corrected chi connectivity index (χ4v) is 4.55. The number of amides is 2. The van der Waals surface area contributed by atoms with Gasteiger partial charge in [-0.1, -0.05) is 66.7 Å². The van der Waals surface area contributed by atoms with Gasteiger partial charge in [0.2, 0.25) is 5.91 Å². The zero-order valence-electron chi connectivity index (χ0n) is 24.1. The lowest BCUT2D eigenvalue weighted by molar-refractivity contribution is -0.123. The number of halogens is 3. The fraction of sp³-hybridized carbons (Fsp3) is 0.235. The molecule has 4 aromatic carbocycles. The summed E-state index contributed by atoms with van der Waals surface area (Å²) in [7, 11) is 1.56. The van der Waals surface area contributed by atoms with E-state index in [4.69, 9.17) is 9.47 Å². The van der Waals surface area contributed by atoms with E-state index < -0.39 is 53.4 Å². The van der Waals surface area contributed by atoms with Gasteiger partial charge in [-0.15, -0.1) is 0 Å². The van der Waals surface area contributed by atoms with Gasteiger partial charge in [0.25, 0.3) is 5.91 Å². The molecule has 0 bridgehead atoms. The number of rotatable bonds is 14. The van der Waals surface area contributed by atoms with Crippen LogP contribution in [0.3, 0.4) is 0 Å². The van der Waals surface area contributed by atoms with Crippen molar-refractivity contribution in [2.75, 3.05) is 20.3 Å². The zero-order chi connectivity index (χ0) is 31.5. The molecule has 10 heteroatoms. The standard InChI is InChI=1S/C34H33F3N2O5/c1-43-27-9-5-6-22(16-27)14-15-38-32(41)19-31(40)30(39-34(42)33-28(36)17-26(35)18-29(33)37)21-44-20-23-10-12-25(13-11-23)24-7-3-2-4-8-24/h2-13,16-18,30-31,40H,14-15,19-21H2,1H3,(H,38,41)(H,39,42)/t30-,31-/m0/s1. The second kappa shape index (κ2) is 15.7. The number of methoxy groups -OCH3 is 1. The third-order valence-electron chi connectivity index (χ3n) is 6.91. The summed E-state index contributed by atoms with van der Waals surface area (Å²) in [5.41, 5.74) is 2.78. The highest BCUT2D eigenvalue weighted by Crippen LogP contribution is 2.20. The molecule has 4 aromatic rings. The summed E-state index contributed by atoms with van der Waals surface area (Å²) in [4.78, 5) is 25.4. The van der Waals surface area contributed by atoms with Gasteiger partial charge in [0.15, 0.2) is 0 Å². The van der Waals surface area contributed by atoms with Crippen LogP contribution in [-0.2, 0) is 22.6 Å². The van der Waals surface area contributed by atoms with E-state index in [9.17, 15) is 27.9 Å². The third-order valence-corrected chi connectivity index (χ3v) is 6.91. The molecule has 0 aliphatic heterocycles. The topological polar surface area (TPSA) is 96.9 Å². The predicted octanol–water partition coefficient (Wildman–Crippen LogP) is 5.20. The molecule has 0 unspecified atom stereocenters. The molecule has 0 saturated heterocycles. The lowest BCUT2D eigenvalue weighted by Crippen LogP contribution is -2.48. The molecule has 0 aromatic heterocycles. The fourth-order valence-electron chi connectivity index (χ4n) is 4.55. The molecule has 0 aliphatic rings. The van der Waals surface area contributed by atoms with Crippen LogP contribution in [0.4, 0.5) is 13.2 Å². The van der Waals surface area contributed by atoms with Gasteiger partial charge in [0.05, 0.1) is 38.9 Å². The number of hydrogen-bond donors (Lipinski definition) is 3. The number of nitrogens with one attached hydrogen (secondary N) is 2. The summed E-state index contributed by atoms with van der Waals surface area (Å²) < 4.78 is 52.9. The number of benzene rings is 4. The van der Waals surface area contributed by atoms with Crippen molar-refractivity contribution in [3.05, 3.63) is 125 Å². The summed E-state index contributed by atoms with van der Waals surface area (Å²) in [6.45, 7) is 0.0895. The van der Waals surface area contributed by atoms with Crippen molar-refractivity contribution in [2.45, 2.75) is 31.6 Å². The van der Waals surface area contributed by atoms with E-state index in [-0.39, 0.29) is 19.8 Å². The second-order valence-corrected chi connectivity index (χ2v) is 10.1. The van der Waals surface area contributed by atoms with Crippen molar-refractivity contribution in [1.82, 2.24) is 10.6 Å². The molecule has 0 saturated carbocycles. The Kier molecular flexibility index (Phi) is 11.5.